The van der Waals surface area contributed by atoms with Crippen molar-refractivity contribution in [1.82, 2.24) is 5.32 Å². The molecule has 3 N–H and O–H groups in total. The van der Waals surface area contributed by atoms with Crippen LogP contribution in [0.3, 0.4) is 0 Å². The highest BCUT2D eigenvalue weighted by Crippen LogP contribution is 2.22. The Hall–Kier alpha value is -2.31. The fourth-order valence-corrected chi connectivity index (χ4v) is 3.29. The van der Waals surface area contributed by atoms with E-state index in [-0.39, 0.29) is 6.61 Å². The van der Waals surface area contributed by atoms with Gasteiger partial charge in [0, 0.05) is 18.0 Å². The molecule has 26 heavy (non-hydrogen) atoms. The molecule has 138 valence electrons. The standard InChI is InChI=1S/C20H24N2O3S/c1-14-16(13-26-2)9-6-10-17(14)21-19(24)20(25)22-18(11-12-23)15-7-4-3-5-8-15/h3-10,18,23H,11-13H2,1-2H3,(H,21,24)(H,22,25)/t18-/m0/s1. The van der Waals surface area contributed by atoms with Crippen LogP contribution in [-0.4, -0.2) is 29.8 Å². The van der Waals surface area contributed by atoms with Crippen LogP contribution in [0.4, 0.5) is 5.69 Å². The Labute approximate surface area is 158 Å². The number of rotatable bonds is 7. The number of hydrogen-bond acceptors (Lipinski definition) is 4. The third kappa shape index (κ3) is 5.34. The number of amides is 2. The average molecular weight is 372 g/mol. The van der Waals surface area contributed by atoms with E-state index in [1.54, 1.807) is 17.8 Å². The summed E-state index contributed by atoms with van der Waals surface area (Å²) in [5.74, 6) is -0.593. The molecule has 2 rings (SSSR count). The van der Waals surface area contributed by atoms with Crippen LogP contribution < -0.4 is 10.6 Å². The van der Waals surface area contributed by atoms with Gasteiger partial charge >= 0.3 is 11.8 Å². The van der Waals surface area contributed by atoms with Gasteiger partial charge in [0.1, 0.15) is 0 Å². The Kier molecular flexibility index (Phi) is 7.69. The first kappa shape index (κ1) is 20.0. The van der Waals surface area contributed by atoms with Crippen molar-refractivity contribution in [3.8, 4) is 0 Å². The smallest absolute Gasteiger partial charge is 0.313 e. The lowest BCUT2D eigenvalue weighted by Gasteiger charge is -2.18. The van der Waals surface area contributed by atoms with Crippen molar-refractivity contribution >= 4 is 29.3 Å². The molecule has 0 saturated heterocycles. The minimum Gasteiger partial charge on any atom is -0.396 e. The molecule has 0 radical (unpaired) electrons. The molecule has 0 aliphatic carbocycles. The normalized spacial score (nSPS) is 11.7. The molecule has 6 heteroatoms. The summed E-state index contributed by atoms with van der Waals surface area (Å²) in [5.41, 5.74) is 3.56. The molecule has 2 aromatic rings. The summed E-state index contributed by atoms with van der Waals surface area (Å²) in [5, 5.41) is 14.6. The summed E-state index contributed by atoms with van der Waals surface area (Å²) in [6.45, 7) is 1.84. The largest absolute Gasteiger partial charge is 0.396 e. The zero-order chi connectivity index (χ0) is 18.9. The lowest BCUT2D eigenvalue weighted by molar-refractivity contribution is -0.136. The zero-order valence-corrected chi connectivity index (χ0v) is 15.8. The summed E-state index contributed by atoms with van der Waals surface area (Å²) >= 11 is 1.70. The molecule has 0 spiro atoms. The molecule has 0 fully saturated rings. The van der Waals surface area contributed by atoms with Crippen LogP contribution in [0.5, 0.6) is 0 Å². The van der Waals surface area contributed by atoms with Gasteiger partial charge in [-0.05, 0) is 42.4 Å². The number of hydrogen-bond donors (Lipinski definition) is 3. The van der Waals surface area contributed by atoms with Gasteiger partial charge in [0.2, 0.25) is 0 Å². The highest BCUT2D eigenvalue weighted by atomic mass is 32.2. The molecule has 1 atom stereocenters. The molecular weight excluding hydrogens is 348 g/mol. The van der Waals surface area contributed by atoms with Crippen LogP contribution in [0.2, 0.25) is 0 Å². The van der Waals surface area contributed by atoms with Crippen molar-refractivity contribution in [1.29, 1.82) is 0 Å². The number of nitrogens with one attached hydrogen (secondary N) is 2. The predicted octanol–water partition coefficient (Wildman–Crippen LogP) is 3.04. The summed E-state index contributed by atoms with van der Waals surface area (Å²) in [6, 6.07) is 14.5. The van der Waals surface area contributed by atoms with Crippen molar-refractivity contribution in [2.24, 2.45) is 0 Å². The quantitative estimate of drug-likeness (QED) is 0.653. The average Bonchev–Trinajstić information content (AvgIpc) is 2.65. The Morgan fingerprint density at radius 1 is 1.08 bits per heavy atom. The SMILES string of the molecule is CSCc1cccc(NC(=O)C(=O)N[C@@H](CCO)c2ccccc2)c1C. The van der Waals surface area contributed by atoms with Gasteiger partial charge in [0.25, 0.3) is 0 Å². The van der Waals surface area contributed by atoms with E-state index in [2.05, 4.69) is 10.6 Å². The molecule has 0 aliphatic heterocycles. The second kappa shape index (κ2) is 9.99. The molecule has 0 unspecified atom stereocenters. The van der Waals surface area contributed by atoms with E-state index in [4.69, 9.17) is 0 Å². The van der Waals surface area contributed by atoms with Gasteiger partial charge < -0.3 is 15.7 Å². The van der Waals surface area contributed by atoms with Crippen molar-refractivity contribution in [2.75, 3.05) is 18.2 Å². The summed E-state index contributed by atoms with van der Waals surface area (Å²) in [4.78, 5) is 24.6. The van der Waals surface area contributed by atoms with Gasteiger partial charge in [-0.3, -0.25) is 9.59 Å². The van der Waals surface area contributed by atoms with Crippen LogP contribution in [-0.2, 0) is 15.3 Å². The van der Waals surface area contributed by atoms with Gasteiger partial charge in [0.15, 0.2) is 0 Å². The summed E-state index contributed by atoms with van der Waals surface area (Å²) in [7, 11) is 0. The van der Waals surface area contributed by atoms with Crippen molar-refractivity contribution < 1.29 is 14.7 Å². The van der Waals surface area contributed by atoms with E-state index in [0.717, 1.165) is 22.4 Å². The Balaban J connectivity index is 2.07. The van der Waals surface area contributed by atoms with Gasteiger partial charge in [0.05, 0.1) is 6.04 Å². The van der Waals surface area contributed by atoms with E-state index in [0.29, 0.717) is 12.1 Å². The van der Waals surface area contributed by atoms with Crippen LogP contribution >= 0.6 is 11.8 Å². The number of thioether (sulfide) groups is 1. The van der Waals surface area contributed by atoms with E-state index in [1.165, 1.54) is 0 Å². The second-order valence-corrected chi connectivity index (χ2v) is 6.79. The fourth-order valence-electron chi connectivity index (χ4n) is 2.67. The molecule has 0 aliphatic rings. The first-order chi connectivity index (χ1) is 12.6. The van der Waals surface area contributed by atoms with Crippen LogP contribution in [0, 0.1) is 6.92 Å². The predicted molar refractivity (Wildman–Crippen MR) is 106 cm³/mol. The number of aliphatic hydroxyl groups excluding tert-OH is 1. The monoisotopic (exact) mass is 372 g/mol. The zero-order valence-electron chi connectivity index (χ0n) is 15.0. The third-order valence-corrected chi connectivity index (χ3v) is 4.72. The molecule has 0 heterocycles. The topological polar surface area (TPSA) is 78.4 Å². The highest BCUT2D eigenvalue weighted by Gasteiger charge is 2.20. The Bertz CT molecular complexity index is 750. The molecule has 2 aromatic carbocycles. The van der Waals surface area contributed by atoms with Gasteiger partial charge in [-0.2, -0.15) is 11.8 Å². The fraction of sp³-hybridized carbons (Fsp3) is 0.300. The van der Waals surface area contributed by atoms with Crippen molar-refractivity contribution in [3.63, 3.8) is 0 Å². The van der Waals surface area contributed by atoms with E-state index in [9.17, 15) is 14.7 Å². The van der Waals surface area contributed by atoms with Crippen LogP contribution in [0.25, 0.3) is 0 Å². The molecule has 0 aromatic heterocycles. The number of benzene rings is 2. The lowest BCUT2D eigenvalue weighted by Crippen LogP contribution is -2.38. The molecule has 5 nitrogen and oxygen atoms in total. The number of anilines is 1. The summed E-state index contributed by atoms with van der Waals surface area (Å²) in [6.07, 6.45) is 2.36. The number of carbonyl (C=O) groups is 2. The minimum absolute atomic E-state index is 0.0860. The lowest BCUT2D eigenvalue weighted by atomic mass is 10.0. The van der Waals surface area contributed by atoms with E-state index >= 15 is 0 Å². The van der Waals surface area contributed by atoms with E-state index < -0.39 is 17.9 Å². The van der Waals surface area contributed by atoms with Gasteiger partial charge in [-0.25, -0.2) is 0 Å². The first-order valence-corrected chi connectivity index (χ1v) is 9.81. The summed E-state index contributed by atoms with van der Waals surface area (Å²) < 4.78 is 0. The maximum absolute atomic E-state index is 12.3. The second-order valence-electron chi connectivity index (χ2n) is 5.93. The van der Waals surface area contributed by atoms with Crippen LogP contribution in [0.1, 0.15) is 29.2 Å². The number of aliphatic hydroxyl groups is 1. The maximum atomic E-state index is 12.3. The molecule has 0 bridgehead atoms. The Morgan fingerprint density at radius 2 is 1.81 bits per heavy atom. The molecule has 2 amide bonds. The van der Waals surface area contributed by atoms with Gasteiger partial charge in [-0.1, -0.05) is 42.5 Å². The molecular formula is C20H24N2O3S. The number of carbonyl (C=O) groups excluding carboxylic acids is 2. The third-order valence-electron chi connectivity index (χ3n) is 4.13. The molecule has 0 saturated carbocycles. The minimum atomic E-state index is -0.720. The van der Waals surface area contributed by atoms with Crippen molar-refractivity contribution in [3.05, 3.63) is 65.2 Å². The van der Waals surface area contributed by atoms with Crippen molar-refractivity contribution in [2.45, 2.75) is 25.1 Å². The van der Waals surface area contributed by atoms with Gasteiger partial charge in [-0.15, -0.1) is 0 Å². The van der Waals surface area contributed by atoms with Crippen LogP contribution in [0.15, 0.2) is 48.5 Å². The first-order valence-electron chi connectivity index (χ1n) is 8.42. The highest BCUT2D eigenvalue weighted by molar-refractivity contribution is 7.97. The Morgan fingerprint density at radius 3 is 2.46 bits per heavy atom. The maximum Gasteiger partial charge on any atom is 0.313 e. The van der Waals surface area contributed by atoms with E-state index in [1.807, 2.05) is 55.6 Å².